The molecular weight excluding hydrogens is 542 g/mol. The summed E-state index contributed by atoms with van der Waals surface area (Å²) in [5.41, 5.74) is 7.57. The molecule has 0 fully saturated rings. The molecule has 44 heavy (non-hydrogen) atoms. The summed E-state index contributed by atoms with van der Waals surface area (Å²) in [6.07, 6.45) is 3.57. The number of aromatic nitrogens is 5. The fourth-order valence-electron chi connectivity index (χ4n) is 6.18. The lowest BCUT2D eigenvalue weighted by Crippen LogP contribution is -2.01. The zero-order valence-corrected chi connectivity index (χ0v) is 23.4. The molecule has 0 radical (unpaired) electrons. The number of hydrogen-bond acceptors (Lipinski definition) is 5. The summed E-state index contributed by atoms with van der Waals surface area (Å²) in [6, 6.07) is 43.3. The number of benzene rings is 5. The number of hydrogen-bond donors (Lipinski definition) is 0. The highest BCUT2D eigenvalue weighted by Gasteiger charge is 2.18. The van der Waals surface area contributed by atoms with Crippen LogP contribution in [0.25, 0.3) is 83.6 Å². The lowest BCUT2D eigenvalue weighted by molar-refractivity contribution is 0.668. The molecule has 6 nitrogen and oxygen atoms in total. The van der Waals surface area contributed by atoms with Crippen LogP contribution >= 0.6 is 0 Å². The van der Waals surface area contributed by atoms with Crippen molar-refractivity contribution in [3.05, 3.63) is 140 Å². The molecule has 0 amide bonds. The Morgan fingerprint density at radius 3 is 1.95 bits per heavy atom. The summed E-state index contributed by atoms with van der Waals surface area (Å²) in [7, 11) is 0. The van der Waals surface area contributed by atoms with Gasteiger partial charge in [0.25, 0.3) is 0 Å². The zero-order valence-electron chi connectivity index (χ0n) is 23.4. The smallest absolute Gasteiger partial charge is 0.164 e. The van der Waals surface area contributed by atoms with Crippen molar-refractivity contribution in [3.63, 3.8) is 0 Å². The van der Waals surface area contributed by atoms with Crippen molar-refractivity contribution in [2.24, 2.45) is 0 Å². The number of furan rings is 1. The number of fused-ring (bicyclic) bond motifs is 6. The molecule has 9 aromatic rings. The fraction of sp³-hybridized carbons (Fsp3) is 0. The van der Waals surface area contributed by atoms with E-state index in [1.165, 1.54) is 10.8 Å². The lowest BCUT2D eigenvalue weighted by atomic mass is 10.1. The average Bonchev–Trinajstić information content (AvgIpc) is 3.65. The van der Waals surface area contributed by atoms with Gasteiger partial charge in [0.05, 0.1) is 11.0 Å². The average molecular weight is 566 g/mol. The van der Waals surface area contributed by atoms with Crippen molar-refractivity contribution in [3.8, 4) is 39.9 Å². The molecule has 0 bridgehead atoms. The third kappa shape index (κ3) is 3.82. The van der Waals surface area contributed by atoms with Crippen molar-refractivity contribution in [1.29, 1.82) is 0 Å². The van der Waals surface area contributed by atoms with E-state index in [4.69, 9.17) is 19.4 Å². The van der Waals surface area contributed by atoms with Crippen LogP contribution in [0.2, 0.25) is 0 Å². The van der Waals surface area contributed by atoms with Gasteiger partial charge < -0.3 is 8.98 Å². The second kappa shape index (κ2) is 9.71. The van der Waals surface area contributed by atoms with Gasteiger partial charge >= 0.3 is 0 Å². The number of rotatable bonds is 4. The Hall–Kier alpha value is -6.14. The maximum atomic E-state index is 6.16. The van der Waals surface area contributed by atoms with Gasteiger partial charge in [0.1, 0.15) is 11.2 Å². The molecule has 206 valence electrons. The van der Waals surface area contributed by atoms with Crippen molar-refractivity contribution in [1.82, 2.24) is 24.5 Å². The van der Waals surface area contributed by atoms with Crippen LogP contribution in [0.3, 0.4) is 0 Å². The van der Waals surface area contributed by atoms with E-state index in [0.29, 0.717) is 17.5 Å². The second-order valence-electron chi connectivity index (χ2n) is 10.7. The van der Waals surface area contributed by atoms with E-state index in [9.17, 15) is 0 Å². The minimum atomic E-state index is 0.577. The van der Waals surface area contributed by atoms with Crippen molar-refractivity contribution < 1.29 is 4.42 Å². The fourth-order valence-corrected chi connectivity index (χ4v) is 6.18. The van der Waals surface area contributed by atoms with Gasteiger partial charge in [-0.05, 0) is 36.4 Å². The van der Waals surface area contributed by atoms with Gasteiger partial charge in [-0.25, -0.2) is 15.0 Å². The van der Waals surface area contributed by atoms with Crippen LogP contribution in [-0.4, -0.2) is 24.5 Å². The van der Waals surface area contributed by atoms with Crippen LogP contribution in [0.1, 0.15) is 0 Å². The predicted molar refractivity (Wildman–Crippen MR) is 176 cm³/mol. The first kappa shape index (κ1) is 24.5. The molecule has 6 heteroatoms. The van der Waals surface area contributed by atoms with Gasteiger partial charge in [-0.15, -0.1) is 0 Å². The Morgan fingerprint density at radius 1 is 0.500 bits per heavy atom. The molecule has 9 rings (SSSR count). The Balaban J connectivity index is 1.28. The highest BCUT2D eigenvalue weighted by Crippen LogP contribution is 2.37. The first-order valence-corrected chi connectivity index (χ1v) is 14.5. The molecule has 5 aromatic carbocycles. The Labute approximate surface area is 251 Å². The summed E-state index contributed by atoms with van der Waals surface area (Å²) < 4.78 is 8.46. The summed E-state index contributed by atoms with van der Waals surface area (Å²) >= 11 is 0. The zero-order chi connectivity index (χ0) is 29.0. The van der Waals surface area contributed by atoms with Crippen LogP contribution in [0.15, 0.2) is 144 Å². The first-order valence-electron chi connectivity index (χ1n) is 14.5. The van der Waals surface area contributed by atoms with Gasteiger partial charge in [0.2, 0.25) is 0 Å². The van der Waals surface area contributed by atoms with Crippen molar-refractivity contribution in [2.45, 2.75) is 0 Å². The molecule has 0 spiro atoms. The lowest BCUT2D eigenvalue weighted by Gasteiger charge is -2.12. The molecule has 0 unspecified atom stereocenters. The SMILES string of the molecule is c1ccc(-c2nc(-c3cccc(-n4c5ccccc5c5ccccc54)c3)nc(-c3cccc4oc5ccncc5c34)n2)cc1. The van der Waals surface area contributed by atoms with E-state index in [1.54, 1.807) is 6.20 Å². The quantitative estimate of drug-likeness (QED) is 0.213. The van der Waals surface area contributed by atoms with Gasteiger partial charge in [-0.3, -0.25) is 4.98 Å². The highest BCUT2D eigenvalue weighted by molar-refractivity contribution is 6.11. The van der Waals surface area contributed by atoms with Crippen LogP contribution in [0.4, 0.5) is 0 Å². The van der Waals surface area contributed by atoms with Crippen molar-refractivity contribution in [2.75, 3.05) is 0 Å². The van der Waals surface area contributed by atoms with Crippen LogP contribution < -0.4 is 0 Å². The summed E-state index contributed by atoms with van der Waals surface area (Å²) in [5, 5.41) is 4.30. The maximum Gasteiger partial charge on any atom is 0.164 e. The molecule has 0 aliphatic rings. The molecular formula is C38H23N5O. The molecule has 0 aliphatic heterocycles. The summed E-state index contributed by atoms with van der Waals surface area (Å²) in [4.78, 5) is 19.5. The van der Waals surface area contributed by atoms with Crippen molar-refractivity contribution >= 4 is 43.7 Å². The topological polar surface area (TPSA) is 69.6 Å². The third-order valence-electron chi connectivity index (χ3n) is 8.15. The Kier molecular flexibility index (Phi) is 5.40. The Morgan fingerprint density at radius 2 is 1.16 bits per heavy atom. The normalized spacial score (nSPS) is 11.6. The summed E-state index contributed by atoms with van der Waals surface area (Å²) in [5.74, 6) is 1.78. The molecule has 4 heterocycles. The van der Waals surface area contributed by atoms with Gasteiger partial charge in [0, 0.05) is 56.3 Å². The minimum Gasteiger partial charge on any atom is -0.456 e. The third-order valence-corrected chi connectivity index (χ3v) is 8.15. The van der Waals surface area contributed by atoms with E-state index in [1.807, 2.05) is 60.8 Å². The maximum absolute atomic E-state index is 6.16. The monoisotopic (exact) mass is 565 g/mol. The van der Waals surface area contributed by atoms with Gasteiger partial charge in [-0.2, -0.15) is 0 Å². The number of nitrogens with zero attached hydrogens (tertiary/aromatic N) is 5. The second-order valence-corrected chi connectivity index (χ2v) is 10.7. The Bertz CT molecular complexity index is 2460. The van der Waals surface area contributed by atoms with E-state index in [0.717, 1.165) is 55.3 Å². The van der Waals surface area contributed by atoms with Gasteiger partial charge in [0.15, 0.2) is 17.5 Å². The van der Waals surface area contributed by atoms with E-state index < -0.39 is 0 Å². The number of para-hydroxylation sites is 2. The summed E-state index contributed by atoms with van der Waals surface area (Å²) in [6.45, 7) is 0. The van der Waals surface area contributed by atoms with E-state index in [2.05, 4.69) is 82.3 Å². The highest BCUT2D eigenvalue weighted by atomic mass is 16.3. The predicted octanol–water partition coefficient (Wildman–Crippen LogP) is 9.26. The molecule has 0 N–H and O–H groups in total. The van der Waals surface area contributed by atoms with Gasteiger partial charge in [-0.1, -0.05) is 91.0 Å². The first-order chi connectivity index (χ1) is 21.8. The minimum absolute atomic E-state index is 0.577. The largest absolute Gasteiger partial charge is 0.456 e. The van der Waals surface area contributed by atoms with E-state index in [-0.39, 0.29) is 0 Å². The van der Waals surface area contributed by atoms with Crippen LogP contribution in [-0.2, 0) is 0 Å². The van der Waals surface area contributed by atoms with Crippen LogP contribution in [0, 0.1) is 0 Å². The number of pyridine rings is 1. The molecule has 0 atom stereocenters. The molecule has 4 aromatic heterocycles. The van der Waals surface area contributed by atoms with E-state index >= 15 is 0 Å². The molecule has 0 saturated carbocycles. The molecule has 0 saturated heterocycles. The molecule has 0 aliphatic carbocycles. The standard InChI is InChI=1S/C38H23N5O/c1-2-10-24(11-3-1)36-40-37(42-38(41-36)29-16-9-19-34-35(29)30-23-39-21-20-33(30)44-34)25-12-8-13-26(22-25)43-31-17-6-4-14-27(31)28-15-5-7-18-32(28)43/h1-23H. The van der Waals surface area contributed by atoms with Crippen LogP contribution in [0.5, 0.6) is 0 Å².